The maximum absolute atomic E-state index is 13.0. The van der Waals surface area contributed by atoms with E-state index in [4.69, 9.17) is 14.6 Å². The van der Waals surface area contributed by atoms with E-state index in [0.717, 1.165) is 38.5 Å². The Bertz CT molecular complexity index is 443. The van der Waals surface area contributed by atoms with Crippen molar-refractivity contribution in [3.63, 3.8) is 0 Å². The standard InChI is InChI=1S/C29H56O5/c1-4-7-9-11-13-15-17-21-25-33-27(31)29(6-3,23-19-20-24-30)28(32)34-26-22-18-16-14-12-10-8-5-2/h30H,4-26H2,1-3H3. The van der Waals surface area contributed by atoms with Crippen LogP contribution in [0.3, 0.4) is 0 Å². The molecule has 0 aliphatic carbocycles. The molecule has 0 atom stereocenters. The molecule has 0 aliphatic heterocycles. The zero-order valence-electron chi connectivity index (χ0n) is 22.8. The first kappa shape index (κ1) is 32.9. The van der Waals surface area contributed by atoms with E-state index in [0.29, 0.717) is 38.9 Å². The Morgan fingerprint density at radius 3 is 1.29 bits per heavy atom. The van der Waals surface area contributed by atoms with Crippen molar-refractivity contribution in [3.05, 3.63) is 0 Å². The minimum absolute atomic E-state index is 0.0560. The third kappa shape index (κ3) is 15.7. The van der Waals surface area contributed by atoms with E-state index in [1.54, 1.807) is 0 Å². The number of carbonyl (C=O) groups excluding carboxylic acids is 2. The molecular formula is C29H56O5. The molecule has 0 radical (unpaired) electrons. The highest BCUT2D eigenvalue weighted by atomic mass is 16.6. The van der Waals surface area contributed by atoms with Gasteiger partial charge in [0.25, 0.3) is 0 Å². The van der Waals surface area contributed by atoms with Gasteiger partial charge in [0.2, 0.25) is 0 Å². The van der Waals surface area contributed by atoms with Crippen molar-refractivity contribution in [1.29, 1.82) is 0 Å². The molecule has 0 saturated heterocycles. The predicted octanol–water partition coefficient (Wildman–Crippen LogP) is 7.91. The van der Waals surface area contributed by atoms with Crippen LogP contribution in [0, 0.1) is 5.41 Å². The summed E-state index contributed by atoms with van der Waals surface area (Å²) in [7, 11) is 0. The van der Waals surface area contributed by atoms with Crippen molar-refractivity contribution in [2.45, 2.75) is 149 Å². The van der Waals surface area contributed by atoms with Crippen LogP contribution in [0.2, 0.25) is 0 Å². The first-order chi connectivity index (χ1) is 16.6. The summed E-state index contributed by atoms with van der Waals surface area (Å²) in [5, 5.41) is 9.16. The van der Waals surface area contributed by atoms with Gasteiger partial charge >= 0.3 is 11.9 Å². The van der Waals surface area contributed by atoms with Crippen molar-refractivity contribution in [1.82, 2.24) is 0 Å². The van der Waals surface area contributed by atoms with Gasteiger partial charge in [-0.1, -0.05) is 111 Å². The lowest BCUT2D eigenvalue weighted by atomic mass is 9.80. The molecule has 0 heterocycles. The number of aliphatic hydroxyl groups excluding tert-OH is 1. The van der Waals surface area contributed by atoms with Gasteiger partial charge in [-0.25, -0.2) is 0 Å². The van der Waals surface area contributed by atoms with Gasteiger partial charge in [-0.2, -0.15) is 0 Å². The molecule has 0 saturated carbocycles. The summed E-state index contributed by atoms with van der Waals surface area (Å²) in [6.07, 6.45) is 20.8. The van der Waals surface area contributed by atoms with Gasteiger partial charge < -0.3 is 14.6 Å². The predicted molar refractivity (Wildman–Crippen MR) is 141 cm³/mol. The second-order valence-corrected chi connectivity index (χ2v) is 9.84. The quantitative estimate of drug-likeness (QED) is 0.0809. The van der Waals surface area contributed by atoms with Gasteiger partial charge in [0.05, 0.1) is 13.2 Å². The van der Waals surface area contributed by atoms with Crippen LogP contribution < -0.4 is 0 Å². The summed E-state index contributed by atoms with van der Waals surface area (Å²) in [5.41, 5.74) is -1.24. The van der Waals surface area contributed by atoms with Crippen molar-refractivity contribution in [2.24, 2.45) is 5.41 Å². The number of esters is 2. The largest absolute Gasteiger partial charge is 0.465 e. The van der Waals surface area contributed by atoms with Crippen molar-refractivity contribution in [3.8, 4) is 0 Å². The smallest absolute Gasteiger partial charge is 0.323 e. The fourth-order valence-electron chi connectivity index (χ4n) is 4.37. The SMILES string of the molecule is CCCCCCCCCCOC(=O)C(CC)(CCCCO)C(=O)OCCCCCCCCCC. The molecule has 0 amide bonds. The van der Waals surface area contributed by atoms with Crippen LogP contribution in [0.15, 0.2) is 0 Å². The van der Waals surface area contributed by atoms with Crippen molar-refractivity contribution >= 4 is 11.9 Å². The molecule has 202 valence electrons. The minimum atomic E-state index is -1.24. The molecule has 5 nitrogen and oxygen atoms in total. The fraction of sp³-hybridized carbons (Fsp3) is 0.931. The summed E-state index contributed by atoms with van der Waals surface area (Å²) < 4.78 is 11.2. The lowest BCUT2D eigenvalue weighted by Crippen LogP contribution is -2.42. The Morgan fingerprint density at radius 2 is 0.941 bits per heavy atom. The van der Waals surface area contributed by atoms with E-state index in [1.807, 2.05) is 6.92 Å². The molecule has 0 aliphatic rings. The Balaban J connectivity index is 4.42. The van der Waals surface area contributed by atoms with Crippen LogP contribution in [-0.4, -0.2) is 36.9 Å². The second kappa shape index (κ2) is 23.6. The molecule has 0 aromatic heterocycles. The van der Waals surface area contributed by atoms with E-state index in [1.165, 1.54) is 64.2 Å². The van der Waals surface area contributed by atoms with Gasteiger partial charge in [-0.05, 0) is 38.5 Å². The van der Waals surface area contributed by atoms with Crippen LogP contribution in [-0.2, 0) is 19.1 Å². The van der Waals surface area contributed by atoms with Crippen LogP contribution in [0.25, 0.3) is 0 Å². The van der Waals surface area contributed by atoms with Crippen molar-refractivity contribution < 1.29 is 24.2 Å². The number of carbonyl (C=O) groups is 2. The molecule has 5 heteroatoms. The molecule has 0 aromatic rings. The topological polar surface area (TPSA) is 72.8 Å². The minimum Gasteiger partial charge on any atom is -0.465 e. The maximum atomic E-state index is 13.0. The summed E-state index contributed by atoms with van der Waals surface area (Å²) in [4.78, 5) is 26.0. The van der Waals surface area contributed by atoms with E-state index < -0.39 is 17.4 Å². The van der Waals surface area contributed by atoms with Gasteiger partial charge in [0, 0.05) is 6.61 Å². The van der Waals surface area contributed by atoms with Crippen molar-refractivity contribution in [2.75, 3.05) is 19.8 Å². The van der Waals surface area contributed by atoms with Gasteiger partial charge in [0.15, 0.2) is 5.41 Å². The molecule has 0 unspecified atom stereocenters. The normalized spacial score (nSPS) is 11.5. The molecule has 0 spiro atoms. The third-order valence-corrected chi connectivity index (χ3v) is 6.86. The number of unbranched alkanes of at least 4 members (excludes halogenated alkanes) is 15. The highest BCUT2D eigenvalue weighted by molar-refractivity contribution is 6.00. The van der Waals surface area contributed by atoms with Crippen LogP contribution in [0.5, 0.6) is 0 Å². The van der Waals surface area contributed by atoms with Gasteiger partial charge in [0.1, 0.15) is 0 Å². The second-order valence-electron chi connectivity index (χ2n) is 9.84. The number of aliphatic hydroxyl groups is 1. The summed E-state index contributed by atoms with van der Waals surface area (Å²) >= 11 is 0. The molecule has 34 heavy (non-hydrogen) atoms. The van der Waals surface area contributed by atoms with Crippen LogP contribution in [0.4, 0.5) is 0 Å². The number of hydrogen-bond donors (Lipinski definition) is 1. The lowest BCUT2D eigenvalue weighted by Gasteiger charge is -2.28. The zero-order valence-corrected chi connectivity index (χ0v) is 22.8. The first-order valence-electron chi connectivity index (χ1n) is 14.5. The molecule has 1 N–H and O–H groups in total. The lowest BCUT2D eigenvalue weighted by molar-refractivity contribution is -0.174. The molecule has 0 bridgehead atoms. The molecule has 0 rings (SSSR count). The van der Waals surface area contributed by atoms with Crippen LogP contribution in [0.1, 0.15) is 149 Å². The third-order valence-electron chi connectivity index (χ3n) is 6.86. The summed E-state index contributed by atoms with van der Waals surface area (Å²) in [6.45, 7) is 7.08. The van der Waals surface area contributed by atoms with Gasteiger partial charge in [-0.15, -0.1) is 0 Å². The first-order valence-corrected chi connectivity index (χ1v) is 14.5. The molecule has 0 fully saturated rings. The zero-order chi connectivity index (χ0) is 25.3. The highest BCUT2D eigenvalue weighted by Gasteiger charge is 2.46. The maximum Gasteiger partial charge on any atom is 0.323 e. The summed E-state index contributed by atoms with van der Waals surface area (Å²) in [6, 6.07) is 0. The van der Waals surface area contributed by atoms with Crippen LogP contribution >= 0.6 is 0 Å². The average molecular weight is 485 g/mol. The average Bonchev–Trinajstić information content (AvgIpc) is 2.84. The number of rotatable bonds is 25. The Morgan fingerprint density at radius 1 is 0.559 bits per heavy atom. The highest BCUT2D eigenvalue weighted by Crippen LogP contribution is 2.33. The van der Waals surface area contributed by atoms with E-state index in [9.17, 15) is 9.59 Å². The van der Waals surface area contributed by atoms with Gasteiger partial charge in [-0.3, -0.25) is 9.59 Å². The molecule has 0 aromatic carbocycles. The Kier molecular flexibility index (Phi) is 22.9. The van der Waals surface area contributed by atoms with E-state index in [-0.39, 0.29) is 6.61 Å². The fourth-order valence-corrected chi connectivity index (χ4v) is 4.37. The monoisotopic (exact) mass is 484 g/mol. The molecular weight excluding hydrogens is 428 g/mol. The Labute approximate surface area is 210 Å². The van der Waals surface area contributed by atoms with E-state index >= 15 is 0 Å². The number of ether oxygens (including phenoxy) is 2. The number of hydrogen-bond acceptors (Lipinski definition) is 5. The summed E-state index contributed by atoms with van der Waals surface area (Å²) in [5.74, 6) is -0.895. The van der Waals surface area contributed by atoms with E-state index in [2.05, 4.69) is 13.8 Å². The Hall–Kier alpha value is -1.10.